The smallest absolute Gasteiger partial charge is 0.252 e. The number of amides is 1. The van der Waals surface area contributed by atoms with Crippen molar-refractivity contribution in [2.45, 2.75) is 44.3 Å². The Morgan fingerprint density at radius 3 is 2.83 bits per heavy atom. The van der Waals surface area contributed by atoms with Crippen LogP contribution in [0.15, 0.2) is 34.5 Å². The van der Waals surface area contributed by atoms with Crippen molar-refractivity contribution in [1.82, 2.24) is 10.3 Å². The molecule has 0 saturated carbocycles. The predicted molar refractivity (Wildman–Crippen MR) is 99.3 cm³/mol. The molecule has 0 saturated heterocycles. The number of hydrogen-bond acceptors (Lipinski definition) is 4. The van der Waals surface area contributed by atoms with Crippen molar-refractivity contribution in [3.8, 4) is 0 Å². The maximum Gasteiger partial charge on any atom is 0.252 e. The third-order valence-corrected chi connectivity index (χ3v) is 5.35. The van der Waals surface area contributed by atoms with Crippen LogP contribution in [0, 0.1) is 12.8 Å². The summed E-state index contributed by atoms with van der Waals surface area (Å²) in [6.45, 7) is 7.15. The molecule has 5 heteroatoms. The van der Waals surface area contributed by atoms with Crippen molar-refractivity contribution in [2.24, 2.45) is 5.92 Å². The summed E-state index contributed by atoms with van der Waals surface area (Å²) in [4.78, 5) is 17.9. The summed E-state index contributed by atoms with van der Waals surface area (Å²) in [5.41, 5.74) is 1.83. The van der Waals surface area contributed by atoms with Crippen molar-refractivity contribution in [3.63, 3.8) is 0 Å². The Hall–Kier alpha value is -1.33. The number of thiazole rings is 1. The summed E-state index contributed by atoms with van der Waals surface area (Å²) in [6.07, 6.45) is 2.16. The normalized spacial score (nSPS) is 11.0. The van der Waals surface area contributed by atoms with Gasteiger partial charge in [-0.1, -0.05) is 26.0 Å². The number of hydrogen-bond donors (Lipinski definition) is 1. The van der Waals surface area contributed by atoms with E-state index in [9.17, 15) is 4.79 Å². The van der Waals surface area contributed by atoms with Crippen LogP contribution in [-0.2, 0) is 5.75 Å². The number of aryl methyl sites for hydroxylation is 1. The molecular weight excluding hydrogens is 324 g/mol. The first-order valence-electron chi connectivity index (χ1n) is 7.97. The van der Waals surface area contributed by atoms with Crippen LogP contribution in [-0.4, -0.2) is 17.4 Å². The fourth-order valence-electron chi connectivity index (χ4n) is 2.21. The first-order chi connectivity index (χ1) is 11.1. The van der Waals surface area contributed by atoms with Crippen LogP contribution in [0.2, 0.25) is 0 Å². The molecule has 3 nitrogen and oxygen atoms in total. The van der Waals surface area contributed by atoms with Gasteiger partial charge < -0.3 is 5.32 Å². The summed E-state index contributed by atoms with van der Waals surface area (Å²) in [6, 6.07) is 7.80. The standard InChI is InChI=1S/C18H24N2OS2/c1-13(2)7-6-10-19-18(21)16-8-4-5-9-17(16)23-12-15-11-22-14(3)20-15/h4-5,8-9,11,13H,6-7,10,12H2,1-3H3,(H,19,21). The zero-order valence-corrected chi connectivity index (χ0v) is 15.6. The van der Waals surface area contributed by atoms with E-state index in [-0.39, 0.29) is 5.91 Å². The monoisotopic (exact) mass is 348 g/mol. The molecule has 1 N–H and O–H groups in total. The van der Waals surface area contributed by atoms with Crippen molar-refractivity contribution < 1.29 is 4.79 Å². The Morgan fingerprint density at radius 2 is 2.13 bits per heavy atom. The highest BCUT2D eigenvalue weighted by Gasteiger charge is 2.11. The quantitative estimate of drug-likeness (QED) is 0.544. The van der Waals surface area contributed by atoms with E-state index in [4.69, 9.17) is 0 Å². The van der Waals surface area contributed by atoms with Crippen LogP contribution in [0.1, 0.15) is 47.7 Å². The van der Waals surface area contributed by atoms with Gasteiger partial charge in [0.15, 0.2) is 0 Å². The van der Waals surface area contributed by atoms with E-state index < -0.39 is 0 Å². The van der Waals surface area contributed by atoms with Crippen molar-refractivity contribution in [1.29, 1.82) is 0 Å². The molecule has 0 aliphatic carbocycles. The first-order valence-corrected chi connectivity index (χ1v) is 9.84. The molecule has 1 aromatic carbocycles. The highest BCUT2D eigenvalue weighted by atomic mass is 32.2. The van der Waals surface area contributed by atoms with E-state index in [1.54, 1.807) is 23.1 Å². The molecule has 0 bridgehead atoms. The van der Waals surface area contributed by atoms with Gasteiger partial charge >= 0.3 is 0 Å². The Labute approximate surface area is 146 Å². The minimum Gasteiger partial charge on any atom is -0.352 e. The zero-order valence-electron chi connectivity index (χ0n) is 14.0. The molecule has 2 aromatic rings. The second-order valence-corrected chi connectivity index (χ2v) is 8.01. The number of carbonyl (C=O) groups excluding carboxylic acids is 1. The average molecular weight is 349 g/mol. The maximum absolute atomic E-state index is 12.4. The number of nitrogens with zero attached hydrogens (tertiary/aromatic N) is 1. The van der Waals surface area contributed by atoms with Gasteiger partial charge in [-0.05, 0) is 37.8 Å². The number of carbonyl (C=O) groups is 1. The largest absolute Gasteiger partial charge is 0.352 e. The van der Waals surface area contributed by atoms with Crippen molar-refractivity contribution in [3.05, 3.63) is 45.9 Å². The lowest BCUT2D eigenvalue weighted by Gasteiger charge is -2.10. The molecule has 2 rings (SSSR count). The van der Waals surface area contributed by atoms with Gasteiger partial charge in [-0.3, -0.25) is 4.79 Å². The highest BCUT2D eigenvalue weighted by Crippen LogP contribution is 2.26. The minimum absolute atomic E-state index is 0.0197. The van der Waals surface area contributed by atoms with Crippen LogP contribution < -0.4 is 5.32 Å². The molecule has 0 aliphatic heterocycles. The number of benzene rings is 1. The van der Waals surface area contributed by atoms with E-state index in [0.717, 1.165) is 46.3 Å². The molecule has 0 radical (unpaired) electrons. The topological polar surface area (TPSA) is 42.0 Å². The van der Waals surface area contributed by atoms with Gasteiger partial charge in [0, 0.05) is 22.6 Å². The summed E-state index contributed by atoms with van der Waals surface area (Å²) >= 11 is 3.33. The second-order valence-electron chi connectivity index (χ2n) is 5.93. The molecule has 1 heterocycles. The van der Waals surface area contributed by atoms with Gasteiger partial charge in [-0.2, -0.15) is 0 Å². The Morgan fingerprint density at radius 1 is 1.35 bits per heavy atom. The summed E-state index contributed by atoms with van der Waals surface area (Å²) in [5, 5.41) is 6.19. The molecule has 0 aliphatic rings. The molecule has 0 atom stereocenters. The number of rotatable bonds is 8. The highest BCUT2D eigenvalue weighted by molar-refractivity contribution is 7.98. The molecule has 0 unspecified atom stereocenters. The second kappa shape index (κ2) is 9.08. The van der Waals surface area contributed by atoms with Gasteiger partial charge in [0.1, 0.15) is 0 Å². The molecule has 124 valence electrons. The van der Waals surface area contributed by atoms with E-state index >= 15 is 0 Å². The maximum atomic E-state index is 12.4. The van der Waals surface area contributed by atoms with Crippen LogP contribution >= 0.6 is 23.1 Å². The number of nitrogens with one attached hydrogen (secondary N) is 1. The summed E-state index contributed by atoms with van der Waals surface area (Å²) < 4.78 is 0. The van der Waals surface area contributed by atoms with E-state index in [1.165, 1.54) is 0 Å². The third-order valence-electron chi connectivity index (χ3n) is 3.42. The molecule has 1 amide bonds. The fraction of sp³-hybridized carbons (Fsp3) is 0.444. The van der Waals surface area contributed by atoms with E-state index in [0.29, 0.717) is 5.92 Å². The van der Waals surface area contributed by atoms with Crippen LogP contribution in [0.4, 0.5) is 0 Å². The lowest BCUT2D eigenvalue weighted by molar-refractivity contribution is 0.0949. The zero-order chi connectivity index (χ0) is 16.7. The van der Waals surface area contributed by atoms with Crippen LogP contribution in [0.5, 0.6) is 0 Å². The van der Waals surface area contributed by atoms with E-state index in [2.05, 4.69) is 29.5 Å². The molecule has 23 heavy (non-hydrogen) atoms. The van der Waals surface area contributed by atoms with Gasteiger partial charge in [-0.15, -0.1) is 23.1 Å². The number of thioether (sulfide) groups is 1. The minimum atomic E-state index is 0.0197. The van der Waals surface area contributed by atoms with Gasteiger partial charge in [0.25, 0.3) is 5.91 Å². The average Bonchev–Trinajstić information content (AvgIpc) is 2.95. The first kappa shape index (κ1) is 18.0. The summed E-state index contributed by atoms with van der Waals surface area (Å²) in [5.74, 6) is 1.49. The molecule has 1 aromatic heterocycles. The van der Waals surface area contributed by atoms with Crippen molar-refractivity contribution in [2.75, 3.05) is 6.54 Å². The third kappa shape index (κ3) is 5.99. The lowest BCUT2D eigenvalue weighted by atomic mass is 10.1. The molecule has 0 fully saturated rings. The number of aromatic nitrogens is 1. The SMILES string of the molecule is Cc1nc(CSc2ccccc2C(=O)NCCCC(C)C)cs1. The van der Waals surface area contributed by atoms with E-state index in [1.807, 2.05) is 31.2 Å². The molecule has 0 spiro atoms. The van der Waals surface area contributed by atoms with Crippen LogP contribution in [0.3, 0.4) is 0 Å². The van der Waals surface area contributed by atoms with Gasteiger partial charge in [0.05, 0.1) is 16.3 Å². The Balaban J connectivity index is 1.92. The predicted octanol–water partition coefficient (Wildman–Crippen LogP) is 4.91. The van der Waals surface area contributed by atoms with Crippen LogP contribution in [0.25, 0.3) is 0 Å². The fourth-order valence-corrected chi connectivity index (χ4v) is 3.87. The Kier molecular flexibility index (Phi) is 7.12. The van der Waals surface area contributed by atoms with Gasteiger partial charge in [0.2, 0.25) is 0 Å². The van der Waals surface area contributed by atoms with Crippen molar-refractivity contribution >= 4 is 29.0 Å². The molecular formula is C18H24N2OS2. The van der Waals surface area contributed by atoms with Gasteiger partial charge in [-0.25, -0.2) is 4.98 Å². The summed E-state index contributed by atoms with van der Waals surface area (Å²) in [7, 11) is 0. The Bertz CT molecular complexity index is 637. The lowest BCUT2D eigenvalue weighted by Crippen LogP contribution is -2.25.